The van der Waals surface area contributed by atoms with Crippen molar-refractivity contribution in [1.29, 1.82) is 0 Å². The van der Waals surface area contributed by atoms with E-state index in [2.05, 4.69) is 0 Å². The van der Waals surface area contributed by atoms with E-state index in [1.54, 1.807) is 0 Å². The zero-order valence-corrected chi connectivity index (χ0v) is 3.98. The standard InChI is InChI=1S/CH6N3OP/c2-1(3,4)6-5/h2-4H2. The van der Waals surface area contributed by atoms with Crippen LogP contribution in [0.25, 0.3) is 0 Å². The maximum absolute atomic E-state index is 9.55. The van der Waals surface area contributed by atoms with Crippen molar-refractivity contribution in [3.8, 4) is 0 Å². The summed E-state index contributed by atoms with van der Waals surface area (Å²) in [6, 6.07) is 0. The third-order valence-corrected chi connectivity index (χ3v) is 0.474. The van der Waals surface area contributed by atoms with Crippen molar-refractivity contribution in [1.82, 2.24) is 0 Å². The molecular formula is CH6N3OP. The molecule has 4 nitrogen and oxygen atoms in total. The van der Waals surface area contributed by atoms with Crippen LogP contribution in [0.5, 0.6) is 0 Å². The van der Waals surface area contributed by atoms with Crippen LogP contribution in [-0.4, -0.2) is 5.53 Å². The molecule has 0 aromatic carbocycles. The molecule has 36 valence electrons. The van der Waals surface area contributed by atoms with Gasteiger partial charge in [0.05, 0.1) is 0 Å². The van der Waals surface area contributed by atoms with Gasteiger partial charge in [-0.15, -0.1) is 0 Å². The fourth-order valence-electron chi connectivity index (χ4n) is 0. The lowest BCUT2D eigenvalue weighted by atomic mass is 11.0. The van der Waals surface area contributed by atoms with Gasteiger partial charge in [-0.3, -0.25) is 21.8 Å². The van der Waals surface area contributed by atoms with Crippen molar-refractivity contribution in [2.24, 2.45) is 17.2 Å². The third-order valence-electron chi connectivity index (χ3n) is 0.158. The molecule has 0 aromatic heterocycles. The second-order valence-electron chi connectivity index (χ2n) is 0.979. The molecule has 0 aliphatic carbocycles. The summed E-state index contributed by atoms with van der Waals surface area (Å²) in [5.41, 5.74) is 12.8. The fraction of sp³-hybridized carbons (Fsp3) is 1.00. The lowest BCUT2D eigenvalue weighted by Crippen LogP contribution is -2.52. The first-order valence-electron chi connectivity index (χ1n) is 1.27. The Morgan fingerprint density at radius 3 is 1.50 bits per heavy atom. The summed E-state index contributed by atoms with van der Waals surface area (Å²) in [7, 11) is -0.442. The van der Waals surface area contributed by atoms with Gasteiger partial charge in [0.25, 0.3) is 0 Å². The highest BCUT2D eigenvalue weighted by Gasteiger charge is 2.08. The SMILES string of the molecule is NC(N)(N)P=O. The van der Waals surface area contributed by atoms with E-state index in [4.69, 9.17) is 17.2 Å². The molecule has 0 amide bonds. The first-order valence-corrected chi connectivity index (χ1v) is 2.08. The maximum atomic E-state index is 9.55. The molecule has 0 saturated heterocycles. The van der Waals surface area contributed by atoms with Gasteiger partial charge in [-0.05, 0) is 0 Å². The summed E-state index contributed by atoms with van der Waals surface area (Å²) in [4.78, 5) is 0. The van der Waals surface area contributed by atoms with Crippen LogP contribution in [-0.2, 0) is 4.57 Å². The van der Waals surface area contributed by atoms with Gasteiger partial charge in [0.2, 0.25) is 8.46 Å². The van der Waals surface area contributed by atoms with Crippen LogP contribution in [0.2, 0.25) is 0 Å². The summed E-state index contributed by atoms with van der Waals surface area (Å²) >= 11 is 0. The van der Waals surface area contributed by atoms with Gasteiger partial charge >= 0.3 is 0 Å². The Bertz CT molecular complexity index is 56.3. The van der Waals surface area contributed by atoms with Crippen LogP contribution >= 0.6 is 8.46 Å². The second-order valence-corrected chi connectivity index (χ2v) is 1.94. The maximum Gasteiger partial charge on any atom is 0.210 e. The molecule has 0 atom stereocenters. The monoisotopic (exact) mass is 107 g/mol. The Kier molecular flexibility index (Phi) is 1.61. The molecule has 0 aromatic rings. The Labute approximate surface area is 36.9 Å². The lowest BCUT2D eigenvalue weighted by molar-refractivity contribution is 0.559. The highest BCUT2D eigenvalue weighted by atomic mass is 31.1. The van der Waals surface area contributed by atoms with Gasteiger partial charge in [-0.2, -0.15) is 0 Å². The van der Waals surface area contributed by atoms with Crippen LogP contribution in [0, 0.1) is 0 Å². The quantitative estimate of drug-likeness (QED) is 0.288. The fourth-order valence-corrected chi connectivity index (χ4v) is 0. The predicted octanol–water partition coefficient (Wildman–Crippen LogP) is -1.23. The number of hydrogen-bond acceptors (Lipinski definition) is 4. The van der Waals surface area contributed by atoms with E-state index in [0.717, 1.165) is 0 Å². The topological polar surface area (TPSA) is 95.1 Å². The van der Waals surface area contributed by atoms with E-state index in [-0.39, 0.29) is 0 Å². The number of nitrogens with two attached hydrogens (primary N) is 3. The van der Waals surface area contributed by atoms with Crippen molar-refractivity contribution in [2.75, 3.05) is 0 Å². The zero-order chi connectivity index (χ0) is 5.21. The molecule has 0 unspecified atom stereocenters. The molecule has 0 rings (SSSR count). The molecule has 0 aliphatic rings. The van der Waals surface area contributed by atoms with Gasteiger partial charge in [0, 0.05) is 0 Å². The molecule has 0 heterocycles. The van der Waals surface area contributed by atoms with Crippen molar-refractivity contribution in [3.63, 3.8) is 0 Å². The van der Waals surface area contributed by atoms with E-state index < -0.39 is 14.0 Å². The van der Waals surface area contributed by atoms with Crippen LogP contribution in [0.1, 0.15) is 0 Å². The summed E-state index contributed by atoms with van der Waals surface area (Å²) < 4.78 is 9.55. The minimum atomic E-state index is -1.54. The minimum Gasteiger partial charge on any atom is -0.291 e. The smallest absolute Gasteiger partial charge is 0.210 e. The first-order chi connectivity index (χ1) is 2.56. The molecule has 0 aliphatic heterocycles. The van der Waals surface area contributed by atoms with Crippen LogP contribution < -0.4 is 17.2 Å². The Morgan fingerprint density at radius 1 is 1.33 bits per heavy atom. The largest absolute Gasteiger partial charge is 0.291 e. The normalized spacial score (nSPS) is 12.5. The average Bonchev–Trinajstić information content (AvgIpc) is 1.35. The average molecular weight is 107 g/mol. The highest BCUT2D eigenvalue weighted by Crippen LogP contribution is 1.96. The molecule has 5 heteroatoms. The molecular weight excluding hydrogens is 101 g/mol. The van der Waals surface area contributed by atoms with Crippen molar-refractivity contribution in [3.05, 3.63) is 0 Å². The molecule has 0 saturated carbocycles. The number of rotatable bonds is 1. The zero-order valence-electron chi connectivity index (χ0n) is 3.09. The van der Waals surface area contributed by atoms with Gasteiger partial charge in [0.1, 0.15) is 0 Å². The third kappa shape index (κ3) is 3.98. The van der Waals surface area contributed by atoms with E-state index in [1.807, 2.05) is 0 Å². The van der Waals surface area contributed by atoms with Crippen LogP contribution in [0.4, 0.5) is 0 Å². The Hall–Kier alpha value is -0.0200. The van der Waals surface area contributed by atoms with Crippen LogP contribution in [0.15, 0.2) is 0 Å². The Balaban J connectivity index is 3.45. The van der Waals surface area contributed by atoms with Crippen molar-refractivity contribution >= 4 is 8.46 Å². The predicted molar refractivity (Wildman–Crippen MR) is 22.9 cm³/mol. The summed E-state index contributed by atoms with van der Waals surface area (Å²) in [5.74, 6) is 0. The van der Waals surface area contributed by atoms with Crippen molar-refractivity contribution < 1.29 is 4.57 Å². The van der Waals surface area contributed by atoms with Crippen LogP contribution in [0.3, 0.4) is 0 Å². The van der Waals surface area contributed by atoms with Gasteiger partial charge in [0.15, 0.2) is 5.53 Å². The Morgan fingerprint density at radius 2 is 1.50 bits per heavy atom. The van der Waals surface area contributed by atoms with Gasteiger partial charge in [-0.25, -0.2) is 0 Å². The summed E-state index contributed by atoms with van der Waals surface area (Å²) in [5, 5.41) is 0. The summed E-state index contributed by atoms with van der Waals surface area (Å²) in [6.07, 6.45) is 0. The first kappa shape index (κ1) is 5.98. The van der Waals surface area contributed by atoms with Crippen molar-refractivity contribution in [2.45, 2.75) is 5.53 Å². The van der Waals surface area contributed by atoms with E-state index in [1.165, 1.54) is 0 Å². The molecule has 0 fully saturated rings. The highest BCUT2D eigenvalue weighted by molar-refractivity contribution is 7.25. The lowest BCUT2D eigenvalue weighted by Gasteiger charge is -2.03. The van der Waals surface area contributed by atoms with E-state index >= 15 is 0 Å². The van der Waals surface area contributed by atoms with Gasteiger partial charge in [-0.1, -0.05) is 0 Å². The molecule has 6 N–H and O–H groups in total. The molecule has 6 heavy (non-hydrogen) atoms. The van der Waals surface area contributed by atoms with E-state index in [0.29, 0.717) is 0 Å². The van der Waals surface area contributed by atoms with Gasteiger partial charge < -0.3 is 0 Å². The number of hydrogen-bond donors (Lipinski definition) is 3. The second kappa shape index (κ2) is 1.62. The minimum absolute atomic E-state index is 0.442. The summed E-state index contributed by atoms with van der Waals surface area (Å²) in [6.45, 7) is 0. The molecule has 0 spiro atoms. The molecule has 0 radical (unpaired) electrons. The molecule has 0 bridgehead atoms. The van der Waals surface area contributed by atoms with E-state index in [9.17, 15) is 4.57 Å².